The third-order valence-electron chi connectivity index (χ3n) is 3.55. The van der Waals surface area contributed by atoms with Crippen LogP contribution in [-0.2, 0) is 6.54 Å². The minimum atomic E-state index is -0.167. The number of rotatable bonds is 4. The number of benzene rings is 2. The van der Waals surface area contributed by atoms with E-state index in [-0.39, 0.29) is 5.82 Å². The molecule has 0 radical (unpaired) electrons. The number of pyridine rings is 1. The van der Waals surface area contributed by atoms with Crippen LogP contribution in [0.4, 0.5) is 4.39 Å². The summed E-state index contributed by atoms with van der Waals surface area (Å²) in [4.78, 5) is 4.30. The van der Waals surface area contributed by atoms with Gasteiger partial charge in [0.05, 0.1) is 5.52 Å². The van der Waals surface area contributed by atoms with Crippen molar-refractivity contribution in [2.75, 3.05) is 6.54 Å². The van der Waals surface area contributed by atoms with Gasteiger partial charge in [-0.05, 0) is 41.9 Å². The molecule has 1 heterocycles. The van der Waals surface area contributed by atoms with Crippen LogP contribution in [0.1, 0.15) is 12.5 Å². The lowest BCUT2D eigenvalue weighted by molar-refractivity contribution is 0.594. The van der Waals surface area contributed by atoms with Crippen molar-refractivity contribution in [3.05, 3.63) is 66.1 Å². The molecule has 0 atom stereocenters. The maximum atomic E-state index is 14.1. The molecule has 0 bridgehead atoms. The van der Waals surface area contributed by atoms with E-state index in [9.17, 15) is 4.39 Å². The summed E-state index contributed by atoms with van der Waals surface area (Å²) >= 11 is 0. The van der Waals surface area contributed by atoms with Gasteiger partial charge in [-0.1, -0.05) is 31.2 Å². The molecule has 0 aliphatic carbocycles. The van der Waals surface area contributed by atoms with Gasteiger partial charge in [0.15, 0.2) is 0 Å². The first-order valence-corrected chi connectivity index (χ1v) is 7.12. The van der Waals surface area contributed by atoms with Crippen LogP contribution in [0.5, 0.6) is 0 Å². The highest BCUT2D eigenvalue weighted by atomic mass is 19.1. The Balaban J connectivity index is 1.96. The molecule has 3 rings (SSSR count). The highest BCUT2D eigenvalue weighted by Gasteiger charge is 2.06. The summed E-state index contributed by atoms with van der Waals surface area (Å²) in [6.45, 7) is 3.40. The van der Waals surface area contributed by atoms with Gasteiger partial charge in [-0.15, -0.1) is 0 Å². The van der Waals surface area contributed by atoms with Crippen LogP contribution in [0.15, 0.2) is 54.7 Å². The van der Waals surface area contributed by atoms with Crippen LogP contribution in [0.25, 0.3) is 22.0 Å². The van der Waals surface area contributed by atoms with E-state index < -0.39 is 0 Å². The minimum absolute atomic E-state index is 0.167. The fourth-order valence-electron chi connectivity index (χ4n) is 2.39. The Morgan fingerprint density at radius 3 is 2.67 bits per heavy atom. The molecular weight excluding hydrogens is 263 g/mol. The lowest BCUT2D eigenvalue weighted by Gasteiger charge is -2.08. The fraction of sp³-hybridized carbons (Fsp3) is 0.167. The molecule has 3 heteroatoms. The van der Waals surface area contributed by atoms with Crippen molar-refractivity contribution < 1.29 is 4.39 Å². The molecule has 0 spiro atoms. The lowest BCUT2D eigenvalue weighted by Crippen LogP contribution is -2.12. The third kappa shape index (κ3) is 2.93. The van der Waals surface area contributed by atoms with Crippen molar-refractivity contribution in [2.24, 2.45) is 0 Å². The second kappa shape index (κ2) is 6.02. The minimum Gasteiger partial charge on any atom is -0.313 e. The van der Waals surface area contributed by atoms with Crippen molar-refractivity contribution in [1.82, 2.24) is 10.3 Å². The Hall–Kier alpha value is -2.26. The molecule has 0 saturated heterocycles. The normalized spacial score (nSPS) is 11.0. The molecule has 0 aliphatic heterocycles. The highest BCUT2D eigenvalue weighted by molar-refractivity contribution is 5.84. The van der Waals surface area contributed by atoms with Gasteiger partial charge in [-0.3, -0.25) is 4.98 Å². The topological polar surface area (TPSA) is 24.9 Å². The maximum Gasteiger partial charge on any atom is 0.128 e. The average molecular weight is 280 g/mol. The first-order valence-electron chi connectivity index (χ1n) is 7.12. The third-order valence-corrected chi connectivity index (χ3v) is 3.55. The quantitative estimate of drug-likeness (QED) is 0.776. The molecule has 0 fully saturated rings. The molecule has 2 aromatic carbocycles. The molecule has 2 nitrogen and oxygen atoms in total. The zero-order chi connectivity index (χ0) is 14.7. The van der Waals surface area contributed by atoms with Crippen molar-refractivity contribution >= 4 is 10.9 Å². The van der Waals surface area contributed by atoms with E-state index in [1.54, 1.807) is 12.3 Å². The average Bonchev–Trinajstić information content (AvgIpc) is 2.53. The molecule has 1 N–H and O–H groups in total. The van der Waals surface area contributed by atoms with Crippen LogP contribution in [0, 0.1) is 5.82 Å². The molecular formula is C18H17FN2. The van der Waals surface area contributed by atoms with E-state index >= 15 is 0 Å². The predicted molar refractivity (Wildman–Crippen MR) is 84.5 cm³/mol. The summed E-state index contributed by atoms with van der Waals surface area (Å²) in [7, 11) is 0. The standard InChI is InChI=1S/C18H17FN2/c1-2-20-12-16-6-5-14(11-17(16)19)13-7-8-18-15(10-13)4-3-9-21-18/h3-11,20H,2,12H2,1H3. The number of nitrogens with zero attached hydrogens (tertiary/aromatic N) is 1. The molecule has 0 saturated carbocycles. The largest absolute Gasteiger partial charge is 0.313 e. The molecule has 0 aliphatic rings. The molecule has 0 amide bonds. The van der Waals surface area contributed by atoms with E-state index in [4.69, 9.17) is 0 Å². The maximum absolute atomic E-state index is 14.1. The van der Waals surface area contributed by atoms with Gasteiger partial charge in [-0.25, -0.2) is 4.39 Å². The Bertz CT molecular complexity index is 768. The smallest absolute Gasteiger partial charge is 0.128 e. The van der Waals surface area contributed by atoms with Crippen molar-refractivity contribution in [2.45, 2.75) is 13.5 Å². The summed E-state index contributed by atoms with van der Waals surface area (Å²) in [5.74, 6) is -0.167. The Morgan fingerprint density at radius 2 is 1.86 bits per heavy atom. The zero-order valence-corrected chi connectivity index (χ0v) is 11.9. The number of fused-ring (bicyclic) bond motifs is 1. The van der Waals surface area contributed by atoms with E-state index in [0.29, 0.717) is 12.1 Å². The zero-order valence-electron chi connectivity index (χ0n) is 11.9. The summed E-state index contributed by atoms with van der Waals surface area (Å²) in [5.41, 5.74) is 3.54. The van der Waals surface area contributed by atoms with Crippen LogP contribution in [-0.4, -0.2) is 11.5 Å². The number of hydrogen-bond donors (Lipinski definition) is 1. The number of halogens is 1. The van der Waals surface area contributed by atoms with Gasteiger partial charge in [0, 0.05) is 23.7 Å². The van der Waals surface area contributed by atoms with Crippen LogP contribution >= 0.6 is 0 Å². The first-order chi connectivity index (χ1) is 10.3. The first kappa shape index (κ1) is 13.7. The number of hydrogen-bond acceptors (Lipinski definition) is 2. The SMILES string of the molecule is CCNCc1ccc(-c2ccc3ncccc3c2)cc1F. The van der Waals surface area contributed by atoms with Crippen molar-refractivity contribution in [3.8, 4) is 11.1 Å². The van der Waals surface area contributed by atoms with E-state index in [2.05, 4.69) is 10.3 Å². The Labute approximate surface area is 123 Å². The Morgan fingerprint density at radius 1 is 1.05 bits per heavy atom. The van der Waals surface area contributed by atoms with Gasteiger partial charge < -0.3 is 5.32 Å². The number of aromatic nitrogens is 1. The second-order valence-corrected chi connectivity index (χ2v) is 5.00. The van der Waals surface area contributed by atoms with Gasteiger partial charge in [0.1, 0.15) is 5.82 Å². The van der Waals surface area contributed by atoms with Gasteiger partial charge >= 0.3 is 0 Å². The number of nitrogens with one attached hydrogen (secondary N) is 1. The summed E-state index contributed by atoms with van der Waals surface area (Å²) in [5, 5.41) is 4.20. The van der Waals surface area contributed by atoms with Crippen molar-refractivity contribution in [1.29, 1.82) is 0 Å². The van der Waals surface area contributed by atoms with E-state index in [1.165, 1.54) is 0 Å². The summed E-state index contributed by atoms with van der Waals surface area (Å²) in [6.07, 6.45) is 1.77. The lowest BCUT2D eigenvalue weighted by atomic mass is 10.0. The van der Waals surface area contributed by atoms with Crippen LogP contribution < -0.4 is 5.32 Å². The summed E-state index contributed by atoms with van der Waals surface area (Å²) < 4.78 is 14.1. The molecule has 21 heavy (non-hydrogen) atoms. The van der Waals surface area contributed by atoms with E-state index in [0.717, 1.165) is 28.6 Å². The second-order valence-electron chi connectivity index (χ2n) is 5.00. The fourth-order valence-corrected chi connectivity index (χ4v) is 2.39. The van der Waals surface area contributed by atoms with Crippen LogP contribution in [0.2, 0.25) is 0 Å². The van der Waals surface area contributed by atoms with Gasteiger partial charge in [0.25, 0.3) is 0 Å². The summed E-state index contributed by atoms with van der Waals surface area (Å²) in [6, 6.07) is 15.3. The van der Waals surface area contributed by atoms with Gasteiger partial charge in [0.2, 0.25) is 0 Å². The molecule has 106 valence electrons. The van der Waals surface area contributed by atoms with E-state index in [1.807, 2.05) is 49.4 Å². The predicted octanol–water partition coefficient (Wildman–Crippen LogP) is 4.15. The Kier molecular flexibility index (Phi) is 3.93. The monoisotopic (exact) mass is 280 g/mol. The molecule has 3 aromatic rings. The molecule has 1 aromatic heterocycles. The van der Waals surface area contributed by atoms with Gasteiger partial charge in [-0.2, -0.15) is 0 Å². The van der Waals surface area contributed by atoms with Crippen LogP contribution in [0.3, 0.4) is 0 Å². The highest BCUT2D eigenvalue weighted by Crippen LogP contribution is 2.25. The van der Waals surface area contributed by atoms with Crippen molar-refractivity contribution in [3.63, 3.8) is 0 Å². The molecule has 0 unspecified atom stereocenters.